The summed E-state index contributed by atoms with van der Waals surface area (Å²) >= 11 is 0. The molecule has 0 bridgehead atoms. The van der Waals surface area contributed by atoms with Crippen LogP contribution in [0.5, 0.6) is 0 Å². The van der Waals surface area contributed by atoms with Crippen LogP contribution in [0.15, 0.2) is 72.8 Å². The van der Waals surface area contributed by atoms with Crippen molar-refractivity contribution in [3.05, 3.63) is 89.5 Å². The number of rotatable bonds is 5. The molecular formula is C29H29N5O4. The third-order valence-corrected chi connectivity index (χ3v) is 6.91. The lowest BCUT2D eigenvalue weighted by molar-refractivity contribution is -0.110. The van der Waals surface area contributed by atoms with Gasteiger partial charge < -0.3 is 25.5 Å². The van der Waals surface area contributed by atoms with Crippen molar-refractivity contribution in [2.24, 2.45) is 0 Å². The molecular weight excluding hydrogens is 482 g/mol. The molecule has 0 aromatic heterocycles. The van der Waals surface area contributed by atoms with Gasteiger partial charge in [0.05, 0.1) is 22.5 Å². The number of carbonyl (C=O) groups excluding carboxylic acids is 2. The Balaban J connectivity index is 1.44. The maximum Gasteiger partial charge on any atom is 0.335 e. The largest absolute Gasteiger partial charge is 0.478 e. The Bertz CT molecular complexity index is 1410. The van der Waals surface area contributed by atoms with Crippen LogP contribution >= 0.6 is 0 Å². The lowest BCUT2D eigenvalue weighted by atomic mass is 9.99. The maximum absolute atomic E-state index is 13.1. The summed E-state index contributed by atoms with van der Waals surface area (Å²) < 4.78 is 0. The minimum Gasteiger partial charge on any atom is -0.478 e. The van der Waals surface area contributed by atoms with Gasteiger partial charge in [-0.3, -0.25) is 9.69 Å². The molecule has 0 spiro atoms. The first-order valence-electron chi connectivity index (χ1n) is 12.4. The Hall–Kier alpha value is -4.63. The van der Waals surface area contributed by atoms with E-state index in [1.54, 1.807) is 18.0 Å². The smallest absolute Gasteiger partial charge is 0.335 e. The Morgan fingerprint density at radius 2 is 1.61 bits per heavy atom. The number of likely N-dealkylation sites (N-methyl/N-ethyl adjacent to an activating group) is 1. The average molecular weight is 512 g/mol. The van der Waals surface area contributed by atoms with E-state index < -0.39 is 5.97 Å². The number of carboxylic acid groups (broad SMARTS) is 1. The van der Waals surface area contributed by atoms with E-state index in [-0.39, 0.29) is 17.5 Å². The molecule has 0 aliphatic carbocycles. The zero-order valence-electron chi connectivity index (χ0n) is 21.3. The van der Waals surface area contributed by atoms with Crippen LogP contribution < -0.4 is 15.5 Å². The summed E-state index contributed by atoms with van der Waals surface area (Å²) in [7, 11) is 3.82. The lowest BCUT2D eigenvalue weighted by Crippen LogP contribution is -2.51. The maximum atomic E-state index is 13.1. The van der Waals surface area contributed by atoms with Gasteiger partial charge in [0.15, 0.2) is 0 Å². The van der Waals surface area contributed by atoms with Crippen molar-refractivity contribution < 1.29 is 19.5 Å². The molecule has 9 nitrogen and oxygen atoms in total. The van der Waals surface area contributed by atoms with Crippen LogP contribution in [0.3, 0.4) is 0 Å². The van der Waals surface area contributed by atoms with Crippen LogP contribution in [-0.4, -0.2) is 73.1 Å². The van der Waals surface area contributed by atoms with E-state index in [4.69, 9.17) is 0 Å². The number of carboxylic acids is 1. The molecule has 194 valence electrons. The number of hydrogen-bond acceptors (Lipinski definition) is 5. The Labute approximate surface area is 221 Å². The van der Waals surface area contributed by atoms with Crippen LogP contribution in [0.2, 0.25) is 0 Å². The molecule has 1 saturated heterocycles. The van der Waals surface area contributed by atoms with Gasteiger partial charge in [0, 0.05) is 50.2 Å². The number of aromatic carboxylic acids is 1. The minimum absolute atomic E-state index is 0.0362. The first-order chi connectivity index (χ1) is 18.3. The summed E-state index contributed by atoms with van der Waals surface area (Å²) in [6.07, 6.45) is 0. The Morgan fingerprint density at radius 3 is 2.26 bits per heavy atom. The standard InChI is InChI=1S/C29H29N5O4/c1-32-14-16-34(17-15-32)29(38)33(2)22-11-9-21(10-12-22)30-26(19-6-4-3-5-7-19)25-23-13-8-20(28(36)37)18-24(23)31-27(25)35/h3-13,18,30H,14-17H2,1-2H3,(H,31,35)(H,36,37). The third-order valence-electron chi connectivity index (χ3n) is 6.91. The van der Waals surface area contributed by atoms with Gasteiger partial charge in [-0.25, -0.2) is 9.59 Å². The van der Waals surface area contributed by atoms with E-state index in [1.807, 2.05) is 59.5 Å². The van der Waals surface area contributed by atoms with Crippen molar-refractivity contribution in [1.29, 1.82) is 0 Å². The highest BCUT2D eigenvalue weighted by Crippen LogP contribution is 2.38. The van der Waals surface area contributed by atoms with E-state index in [1.165, 1.54) is 12.1 Å². The minimum atomic E-state index is -1.06. The van der Waals surface area contributed by atoms with E-state index in [0.29, 0.717) is 35.6 Å². The first kappa shape index (κ1) is 25.0. The summed E-state index contributed by atoms with van der Waals surface area (Å²) in [6, 6.07) is 21.5. The van der Waals surface area contributed by atoms with E-state index in [9.17, 15) is 19.5 Å². The van der Waals surface area contributed by atoms with Gasteiger partial charge in [-0.2, -0.15) is 0 Å². The summed E-state index contributed by atoms with van der Waals surface area (Å²) in [5.74, 6) is -1.37. The van der Waals surface area contributed by atoms with Gasteiger partial charge in [0.2, 0.25) is 0 Å². The number of anilines is 3. The number of benzene rings is 3. The molecule has 3 amide bonds. The summed E-state index contributed by atoms with van der Waals surface area (Å²) in [6.45, 7) is 3.11. The summed E-state index contributed by atoms with van der Waals surface area (Å²) in [5, 5.41) is 15.5. The molecule has 0 radical (unpaired) electrons. The Morgan fingerprint density at radius 1 is 0.921 bits per heavy atom. The van der Waals surface area contributed by atoms with Crippen LogP contribution in [0.4, 0.5) is 21.9 Å². The number of nitrogens with zero attached hydrogens (tertiary/aromatic N) is 3. The van der Waals surface area contributed by atoms with Crippen molar-refractivity contribution in [3.63, 3.8) is 0 Å². The van der Waals surface area contributed by atoms with Crippen LogP contribution in [0.25, 0.3) is 11.3 Å². The van der Waals surface area contributed by atoms with E-state index in [0.717, 1.165) is 30.0 Å². The van der Waals surface area contributed by atoms with Crippen molar-refractivity contribution >= 4 is 46.2 Å². The van der Waals surface area contributed by atoms with Gasteiger partial charge in [-0.15, -0.1) is 0 Å². The second-order valence-electron chi connectivity index (χ2n) is 9.44. The number of piperazine rings is 1. The number of fused-ring (bicyclic) bond motifs is 1. The molecule has 2 aliphatic rings. The van der Waals surface area contributed by atoms with Gasteiger partial charge in [0.25, 0.3) is 5.91 Å². The molecule has 38 heavy (non-hydrogen) atoms. The molecule has 3 aromatic rings. The monoisotopic (exact) mass is 511 g/mol. The molecule has 2 heterocycles. The molecule has 2 aliphatic heterocycles. The molecule has 9 heteroatoms. The molecule has 0 saturated carbocycles. The number of nitrogens with one attached hydrogen (secondary N) is 2. The molecule has 3 N–H and O–H groups in total. The van der Waals surface area contributed by atoms with E-state index in [2.05, 4.69) is 22.6 Å². The lowest BCUT2D eigenvalue weighted by Gasteiger charge is -2.35. The molecule has 1 fully saturated rings. The van der Waals surface area contributed by atoms with E-state index >= 15 is 0 Å². The molecule has 0 unspecified atom stereocenters. The highest BCUT2D eigenvalue weighted by atomic mass is 16.4. The predicted octanol–water partition coefficient (Wildman–Crippen LogP) is 4.12. The topological polar surface area (TPSA) is 105 Å². The average Bonchev–Trinajstić information content (AvgIpc) is 3.26. The van der Waals surface area contributed by atoms with Gasteiger partial charge in [-0.1, -0.05) is 36.4 Å². The highest BCUT2D eigenvalue weighted by Gasteiger charge is 2.29. The second-order valence-corrected chi connectivity index (χ2v) is 9.44. The number of carbonyl (C=O) groups is 3. The van der Waals surface area contributed by atoms with Gasteiger partial charge >= 0.3 is 12.0 Å². The number of amides is 3. The SMILES string of the molecule is CN1CCN(C(=O)N(C)c2ccc(NC(=C3C(=O)Nc4cc(C(=O)O)ccc43)c3ccccc3)cc2)CC1. The van der Waals surface area contributed by atoms with Gasteiger partial charge in [0.1, 0.15) is 0 Å². The molecule has 3 aromatic carbocycles. The normalized spacial score (nSPS) is 16.5. The summed E-state index contributed by atoms with van der Waals surface area (Å²) in [4.78, 5) is 43.2. The van der Waals surface area contributed by atoms with Crippen molar-refractivity contribution in [2.45, 2.75) is 0 Å². The predicted molar refractivity (Wildman–Crippen MR) is 148 cm³/mol. The van der Waals surface area contributed by atoms with Crippen molar-refractivity contribution in [2.75, 3.05) is 55.8 Å². The van der Waals surface area contributed by atoms with Crippen LogP contribution in [-0.2, 0) is 4.79 Å². The second kappa shape index (κ2) is 10.4. The van der Waals surface area contributed by atoms with Crippen molar-refractivity contribution in [3.8, 4) is 0 Å². The number of urea groups is 1. The highest BCUT2D eigenvalue weighted by molar-refractivity contribution is 6.37. The zero-order chi connectivity index (χ0) is 26.8. The Kier molecular flexibility index (Phi) is 6.85. The fourth-order valence-electron chi connectivity index (χ4n) is 4.67. The van der Waals surface area contributed by atoms with Crippen LogP contribution in [0.1, 0.15) is 21.5 Å². The van der Waals surface area contributed by atoms with Gasteiger partial charge in [-0.05, 0) is 49.0 Å². The fourth-order valence-corrected chi connectivity index (χ4v) is 4.67. The fraction of sp³-hybridized carbons (Fsp3) is 0.207. The van der Waals surface area contributed by atoms with Crippen LogP contribution in [0, 0.1) is 0 Å². The quantitative estimate of drug-likeness (QED) is 0.445. The zero-order valence-corrected chi connectivity index (χ0v) is 21.3. The third kappa shape index (κ3) is 4.96. The molecule has 0 atom stereocenters. The number of hydrogen-bond donors (Lipinski definition) is 3. The summed E-state index contributed by atoms with van der Waals surface area (Å²) in [5.41, 5.74) is 4.52. The van der Waals surface area contributed by atoms with Crippen molar-refractivity contribution in [1.82, 2.24) is 9.80 Å². The first-order valence-corrected chi connectivity index (χ1v) is 12.4. The molecule has 5 rings (SSSR count).